The van der Waals surface area contributed by atoms with Crippen LogP contribution in [0.5, 0.6) is 0 Å². The van der Waals surface area contributed by atoms with Crippen molar-refractivity contribution >= 4 is 17.0 Å². The zero-order valence-electron chi connectivity index (χ0n) is 12.6. The molecule has 0 radical (unpaired) electrons. The van der Waals surface area contributed by atoms with Crippen LogP contribution in [0, 0.1) is 0 Å². The predicted octanol–water partition coefficient (Wildman–Crippen LogP) is 3.56. The maximum atomic E-state index is 12.1. The van der Waals surface area contributed by atoms with E-state index in [4.69, 9.17) is 5.11 Å². The number of unbranched alkanes of at least 4 members (excludes halogenated alkanes) is 3. The Hall–Kier alpha value is -2.04. The van der Waals surface area contributed by atoms with Gasteiger partial charge in [-0.25, -0.2) is 9.59 Å². The summed E-state index contributed by atoms with van der Waals surface area (Å²) in [7, 11) is 0. The highest BCUT2D eigenvalue weighted by atomic mass is 16.4. The predicted molar refractivity (Wildman–Crippen MR) is 83.0 cm³/mol. The number of imidazole rings is 1. The molecule has 0 saturated carbocycles. The van der Waals surface area contributed by atoms with Gasteiger partial charge >= 0.3 is 11.7 Å². The van der Waals surface area contributed by atoms with E-state index >= 15 is 0 Å². The Morgan fingerprint density at radius 3 is 2.76 bits per heavy atom. The van der Waals surface area contributed by atoms with Crippen LogP contribution in [0.1, 0.15) is 62.4 Å². The van der Waals surface area contributed by atoms with E-state index in [2.05, 4.69) is 11.9 Å². The van der Waals surface area contributed by atoms with Crippen molar-refractivity contribution in [3.8, 4) is 0 Å². The van der Waals surface area contributed by atoms with Crippen molar-refractivity contribution in [2.75, 3.05) is 0 Å². The second-order valence-electron chi connectivity index (χ2n) is 5.54. The number of aromatic amines is 1. The molecule has 0 aliphatic carbocycles. The van der Waals surface area contributed by atoms with Gasteiger partial charge in [0.25, 0.3) is 0 Å². The number of fused-ring (bicyclic) bond motifs is 1. The molecule has 21 heavy (non-hydrogen) atoms. The van der Waals surface area contributed by atoms with Crippen LogP contribution in [-0.2, 0) is 0 Å². The summed E-state index contributed by atoms with van der Waals surface area (Å²) in [5.74, 6) is -0.988. The van der Waals surface area contributed by atoms with Gasteiger partial charge in [-0.2, -0.15) is 0 Å². The van der Waals surface area contributed by atoms with E-state index in [9.17, 15) is 9.59 Å². The van der Waals surface area contributed by atoms with Crippen molar-refractivity contribution < 1.29 is 9.90 Å². The number of benzene rings is 1. The molecule has 1 heterocycles. The molecular weight excluding hydrogens is 268 g/mol. The van der Waals surface area contributed by atoms with Crippen molar-refractivity contribution in [3.63, 3.8) is 0 Å². The summed E-state index contributed by atoms with van der Waals surface area (Å²) in [6.07, 6.45) is 5.65. The van der Waals surface area contributed by atoms with E-state index in [0.29, 0.717) is 5.52 Å². The van der Waals surface area contributed by atoms with Crippen LogP contribution >= 0.6 is 0 Å². The van der Waals surface area contributed by atoms with E-state index in [1.165, 1.54) is 31.4 Å². The number of carboxylic acids is 1. The average Bonchev–Trinajstić information content (AvgIpc) is 2.78. The molecule has 1 unspecified atom stereocenters. The maximum Gasteiger partial charge on any atom is 0.335 e. The number of aromatic nitrogens is 2. The molecule has 1 atom stereocenters. The van der Waals surface area contributed by atoms with Gasteiger partial charge in [0.2, 0.25) is 0 Å². The molecule has 0 bridgehead atoms. The Morgan fingerprint density at radius 2 is 2.10 bits per heavy atom. The molecule has 0 fully saturated rings. The van der Waals surface area contributed by atoms with Gasteiger partial charge in [-0.15, -0.1) is 0 Å². The SMILES string of the molecule is CCCCCCC(C)n1c(=O)[nH]c2cc(C(=O)O)ccc21. The number of hydrogen-bond acceptors (Lipinski definition) is 2. The molecule has 0 saturated heterocycles. The fraction of sp³-hybridized carbons (Fsp3) is 0.500. The molecule has 1 aromatic carbocycles. The standard InChI is InChI=1S/C16H22N2O3/c1-3-4-5-6-7-11(2)18-14-9-8-12(15(19)20)10-13(14)17-16(18)21/h8-11H,3-7H2,1-2H3,(H,17,21)(H,19,20). The summed E-state index contributed by atoms with van der Waals surface area (Å²) in [6, 6.07) is 4.87. The van der Waals surface area contributed by atoms with E-state index < -0.39 is 5.97 Å². The minimum atomic E-state index is -0.988. The number of rotatable bonds is 7. The quantitative estimate of drug-likeness (QED) is 0.766. The van der Waals surface area contributed by atoms with Gasteiger partial charge in [-0.1, -0.05) is 32.6 Å². The molecular formula is C16H22N2O3. The van der Waals surface area contributed by atoms with Crippen LogP contribution in [0.3, 0.4) is 0 Å². The number of nitrogens with zero attached hydrogens (tertiary/aromatic N) is 1. The number of hydrogen-bond donors (Lipinski definition) is 2. The smallest absolute Gasteiger partial charge is 0.335 e. The molecule has 2 rings (SSSR count). The van der Waals surface area contributed by atoms with Crippen molar-refractivity contribution in [2.45, 2.75) is 52.0 Å². The number of aromatic carboxylic acids is 1. The van der Waals surface area contributed by atoms with E-state index in [0.717, 1.165) is 18.4 Å². The fourth-order valence-corrected chi connectivity index (χ4v) is 2.70. The average molecular weight is 290 g/mol. The summed E-state index contributed by atoms with van der Waals surface area (Å²) in [5.41, 5.74) is 1.37. The third kappa shape index (κ3) is 3.35. The molecule has 5 nitrogen and oxygen atoms in total. The molecule has 114 valence electrons. The topological polar surface area (TPSA) is 75.1 Å². The molecule has 1 aromatic heterocycles. The lowest BCUT2D eigenvalue weighted by molar-refractivity contribution is 0.0697. The zero-order valence-corrected chi connectivity index (χ0v) is 12.6. The number of nitrogens with one attached hydrogen (secondary N) is 1. The van der Waals surface area contributed by atoms with Gasteiger partial charge in [0, 0.05) is 6.04 Å². The van der Waals surface area contributed by atoms with Gasteiger partial charge in [0.05, 0.1) is 16.6 Å². The Bertz CT molecular complexity index is 684. The van der Waals surface area contributed by atoms with Gasteiger partial charge in [0.1, 0.15) is 0 Å². The minimum Gasteiger partial charge on any atom is -0.478 e. The highest BCUT2D eigenvalue weighted by Gasteiger charge is 2.14. The molecule has 0 spiro atoms. The molecule has 5 heteroatoms. The monoisotopic (exact) mass is 290 g/mol. The Morgan fingerprint density at radius 1 is 1.33 bits per heavy atom. The first kappa shape index (κ1) is 15.4. The van der Waals surface area contributed by atoms with Gasteiger partial charge in [0.15, 0.2) is 0 Å². The number of H-pyrrole nitrogens is 1. The molecule has 2 aromatic rings. The highest BCUT2D eigenvalue weighted by Crippen LogP contribution is 2.20. The Kier molecular flexibility index (Phi) is 4.83. The lowest BCUT2D eigenvalue weighted by Crippen LogP contribution is -2.20. The summed E-state index contributed by atoms with van der Waals surface area (Å²) >= 11 is 0. The van der Waals surface area contributed by atoms with Crippen molar-refractivity contribution in [2.24, 2.45) is 0 Å². The summed E-state index contributed by atoms with van der Waals surface area (Å²) in [6.45, 7) is 4.21. The lowest BCUT2D eigenvalue weighted by atomic mass is 10.1. The maximum absolute atomic E-state index is 12.1. The molecule has 2 N–H and O–H groups in total. The van der Waals surface area contributed by atoms with Gasteiger partial charge < -0.3 is 10.1 Å². The third-order valence-electron chi connectivity index (χ3n) is 3.88. The number of carbonyl (C=O) groups is 1. The first-order valence-corrected chi connectivity index (χ1v) is 7.52. The van der Waals surface area contributed by atoms with Crippen LogP contribution in [0.25, 0.3) is 11.0 Å². The first-order chi connectivity index (χ1) is 10.0. The van der Waals surface area contributed by atoms with Crippen LogP contribution in [0.2, 0.25) is 0 Å². The van der Waals surface area contributed by atoms with Crippen LogP contribution in [0.15, 0.2) is 23.0 Å². The molecule has 0 aliphatic rings. The zero-order chi connectivity index (χ0) is 15.4. The molecule has 0 amide bonds. The second-order valence-corrected chi connectivity index (χ2v) is 5.54. The van der Waals surface area contributed by atoms with Crippen LogP contribution in [-0.4, -0.2) is 20.6 Å². The van der Waals surface area contributed by atoms with E-state index in [1.807, 2.05) is 6.92 Å². The first-order valence-electron chi connectivity index (χ1n) is 7.52. The van der Waals surface area contributed by atoms with Crippen LogP contribution in [0.4, 0.5) is 0 Å². The van der Waals surface area contributed by atoms with Crippen molar-refractivity contribution in [3.05, 3.63) is 34.2 Å². The second kappa shape index (κ2) is 6.61. The summed E-state index contributed by atoms with van der Waals surface area (Å²) in [5, 5.41) is 9.00. The highest BCUT2D eigenvalue weighted by molar-refractivity contribution is 5.92. The number of carboxylic acid groups (broad SMARTS) is 1. The Balaban J connectivity index is 2.25. The summed E-state index contributed by atoms with van der Waals surface area (Å²) < 4.78 is 1.73. The summed E-state index contributed by atoms with van der Waals surface area (Å²) in [4.78, 5) is 25.8. The lowest BCUT2D eigenvalue weighted by Gasteiger charge is -2.13. The normalized spacial score (nSPS) is 12.7. The van der Waals surface area contributed by atoms with E-state index in [1.54, 1.807) is 10.6 Å². The minimum absolute atomic E-state index is 0.110. The van der Waals surface area contributed by atoms with Crippen LogP contribution < -0.4 is 5.69 Å². The van der Waals surface area contributed by atoms with E-state index in [-0.39, 0.29) is 17.3 Å². The largest absolute Gasteiger partial charge is 0.478 e. The molecule has 0 aliphatic heterocycles. The van der Waals surface area contributed by atoms with Gasteiger partial charge in [-0.05, 0) is 31.5 Å². The van der Waals surface area contributed by atoms with Gasteiger partial charge in [-0.3, -0.25) is 4.57 Å². The fourth-order valence-electron chi connectivity index (χ4n) is 2.70. The Labute approximate surface area is 123 Å². The van der Waals surface area contributed by atoms with Crippen molar-refractivity contribution in [1.29, 1.82) is 0 Å². The third-order valence-corrected chi connectivity index (χ3v) is 3.88. The van der Waals surface area contributed by atoms with Crippen molar-refractivity contribution in [1.82, 2.24) is 9.55 Å².